The molecule has 0 fully saturated rings. The van der Waals surface area contributed by atoms with E-state index in [-0.39, 0.29) is 18.0 Å². The Labute approximate surface area is 171 Å². The van der Waals surface area contributed by atoms with Crippen molar-refractivity contribution in [1.29, 1.82) is 0 Å². The third-order valence-corrected chi connectivity index (χ3v) is 3.76. The number of hydrogen-bond donors (Lipinski definition) is 2. The van der Waals surface area contributed by atoms with E-state index >= 15 is 0 Å². The van der Waals surface area contributed by atoms with E-state index in [0.717, 1.165) is 19.4 Å². The van der Waals surface area contributed by atoms with Gasteiger partial charge in [0, 0.05) is 32.4 Å². The van der Waals surface area contributed by atoms with Crippen molar-refractivity contribution in [3.8, 4) is 11.5 Å². The third-order valence-electron chi connectivity index (χ3n) is 3.76. The number of halogens is 2. The highest BCUT2D eigenvalue weighted by Crippen LogP contribution is 2.33. The molecule has 0 atom stereocenters. The largest absolute Gasteiger partial charge is 0.490 e. The van der Waals surface area contributed by atoms with Crippen LogP contribution in [0.2, 0.25) is 0 Å². The first kappa shape index (κ1) is 24.9. The quantitative estimate of drug-likeness (QED) is 0.259. The van der Waals surface area contributed by atoms with E-state index in [4.69, 9.17) is 14.2 Å². The summed E-state index contributed by atoms with van der Waals surface area (Å²) in [6, 6.07) is 5.04. The van der Waals surface area contributed by atoms with E-state index in [2.05, 4.69) is 20.4 Å². The van der Waals surface area contributed by atoms with Crippen molar-refractivity contribution in [2.24, 2.45) is 4.99 Å². The van der Waals surface area contributed by atoms with Gasteiger partial charge in [0.15, 0.2) is 17.5 Å². The van der Waals surface area contributed by atoms with E-state index in [1.165, 1.54) is 0 Å². The lowest BCUT2D eigenvalue weighted by Crippen LogP contribution is -2.37. The Hall–Kier alpha value is -2.13. The maximum Gasteiger partial charge on any atom is 0.387 e. The molecule has 0 aliphatic heterocycles. The molecule has 9 heteroatoms. The topological polar surface area (TPSA) is 73.3 Å². The second-order valence-electron chi connectivity index (χ2n) is 5.99. The maximum atomic E-state index is 12.8. The number of rotatable bonds is 15. The van der Waals surface area contributed by atoms with Gasteiger partial charge >= 0.3 is 6.61 Å². The summed E-state index contributed by atoms with van der Waals surface area (Å²) in [6.07, 6.45) is 1.83. The van der Waals surface area contributed by atoms with Crippen LogP contribution in [0, 0.1) is 0 Å². The first-order valence-electron chi connectivity index (χ1n) is 9.90. The van der Waals surface area contributed by atoms with Gasteiger partial charge in [0.2, 0.25) is 0 Å². The standard InChI is InChI=1S/C20H33F2N3O4/c1-4-23-20(24-11-6-7-12-27-14-13-26-3)25-15-16-9-8-10-17(28-5-2)18(16)29-19(21)22/h8-10,19H,4-7,11-15H2,1-3H3,(H2,23,24,25). The first-order chi connectivity index (χ1) is 14.1. The molecule has 0 bridgehead atoms. The molecular formula is C20H33F2N3O4. The predicted octanol–water partition coefficient (Wildman–Crippen LogP) is 3.19. The van der Waals surface area contributed by atoms with Gasteiger partial charge in [-0.3, -0.25) is 0 Å². The molecule has 0 aliphatic rings. The first-order valence-corrected chi connectivity index (χ1v) is 9.90. The summed E-state index contributed by atoms with van der Waals surface area (Å²) in [5, 5.41) is 6.37. The molecule has 0 radical (unpaired) electrons. The fourth-order valence-corrected chi connectivity index (χ4v) is 2.46. The van der Waals surface area contributed by atoms with Crippen LogP contribution in [0.4, 0.5) is 8.78 Å². The number of hydrogen-bond acceptors (Lipinski definition) is 5. The van der Waals surface area contributed by atoms with Crippen LogP contribution in [0.5, 0.6) is 11.5 Å². The van der Waals surface area contributed by atoms with Crippen molar-refractivity contribution in [3.05, 3.63) is 23.8 Å². The van der Waals surface area contributed by atoms with E-state index in [1.807, 2.05) is 6.92 Å². The number of nitrogens with one attached hydrogen (secondary N) is 2. The molecule has 2 N–H and O–H groups in total. The number of para-hydroxylation sites is 1. The van der Waals surface area contributed by atoms with Gasteiger partial charge in [0.05, 0.1) is 26.4 Å². The molecule has 0 saturated carbocycles. The normalized spacial score (nSPS) is 11.6. The lowest BCUT2D eigenvalue weighted by molar-refractivity contribution is -0.0520. The molecular weight excluding hydrogens is 384 g/mol. The highest BCUT2D eigenvalue weighted by atomic mass is 19.3. The van der Waals surface area contributed by atoms with Crippen molar-refractivity contribution in [2.75, 3.05) is 46.6 Å². The SMILES string of the molecule is CCNC(=NCc1cccc(OCC)c1OC(F)F)NCCCCOCCOC. The number of alkyl halides is 2. The smallest absolute Gasteiger partial charge is 0.387 e. The Balaban J connectivity index is 2.62. The second-order valence-corrected chi connectivity index (χ2v) is 5.99. The summed E-state index contributed by atoms with van der Waals surface area (Å²) >= 11 is 0. The van der Waals surface area contributed by atoms with Crippen LogP contribution in [-0.2, 0) is 16.0 Å². The summed E-state index contributed by atoms with van der Waals surface area (Å²) in [4.78, 5) is 4.48. The van der Waals surface area contributed by atoms with E-state index in [9.17, 15) is 8.78 Å². The summed E-state index contributed by atoms with van der Waals surface area (Å²) in [5.41, 5.74) is 0.528. The molecule has 1 aromatic carbocycles. The number of aliphatic imine (C=N–C) groups is 1. The number of nitrogens with zero attached hydrogens (tertiary/aromatic N) is 1. The van der Waals surface area contributed by atoms with Gasteiger partial charge in [-0.25, -0.2) is 4.99 Å². The van der Waals surface area contributed by atoms with Gasteiger partial charge in [-0.15, -0.1) is 0 Å². The zero-order chi connectivity index (χ0) is 21.3. The molecule has 0 heterocycles. The zero-order valence-electron chi connectivity index (χ0n) is 17.5. The Morgan fingerprint density at radius 2 is 1.93 bits per heavy atom. The van der Waals surface area contributed by atoms with E-state index in [0.29, 0.717) is 44.5 Å². The Kier molecular flexibility index (Phi) is 13.5. The molecule has 1 aromatic rings. The van der Waals surface area contributed by atoms with Crippen LogP contribution in [0.15, 0.2) is 23.2 Å². The third kappa shape index (κ3) is 10.8. The van der Waals surface area contributed by atoms with Gasteiger partial charge in [0.1, 0.15) is 0 Å². The minimum absolute atomic E-state index is 0.0251. The minimum atomic E-state index is -2.93. The van der Waals surface area contributed by atoms with Gasteiger partial charge in [-0.05, 0) is 32.8 Å². The zero-order valence-corrected chi connectivity index (χ0v) is 17.5. The fraction of sp³-hybridized carbons (Fsp3) is 0.650. The maximum absolute atomic E-state index is 12.8. The molecule has 0 amide bonds. The Morgan fingerprint density at radius 3 is 2.62 bits per heavy atom. The Morgan fingerprint density at radius 1 is 1.10 bits per heavy atom. The lowest BCUT2D eigenvalue weighted by Gasteiger charge is -2.15. The number of benzene rings is 1. The molecule has 1 rings (SSSR count). The van der Waals surface area contributed by atoms with Crippen LogP contribution >= 0.6 is 0 Å². The van der Waals surface area contributed by atoms with E-state index in [1.54, 1.807) is 32.2 Å². The number of methoxy groups -OCH3 is 1. The van der Waals surface area contributed by atoms with Crippen molar-refractivity contribution in [2.45, 2.75) is 39.8 Å². The van der Waals surface area contributed by atoms with Gasteiger partial charge in [-0.2, -0.15) is 8.78 Å². The summed E-state index contributed by atoms with van der Waals surface area (Å²) < 4.78 is 46.1. The summed E-state index contributed by atoms with van der Waals surface area (Å²) in [5.74, 6) is 0.918. The van der Waals surface area contributed by atoms with Crippen molar-refractivity contribution in [1.82, 2.24) is 10.6 Å². The molecule has 0 unspecified atom stereocenters. The Bertz CT molecular complexity index is 589. The fourth-order valence-electron chi connectivity index (χ4n) is 2.46. The van der Waals surface area contributed by atoms with Crippen LogP contribution in [-0.4, -0.2) is 59.2 Å². The number of ether oxygens (including phenoxy) is 4. The average Bonchev–Trinajstić information content (AvgIpc) is 2.69. The molecule has 7 nitrogen and oxygen atoms in total. The monoisotopic (exact) mass is 417 g/mol. The molecule has 0 spiro atoms. The summed E-state index contributed by atoms with van der Waals surface area (Å²) in [7, 11) is 1.64. The molecule has 166 valence electrons. The van der Waals surface area contributed by atoms with Gasteiger partial charge in [-0.1, -0.05) is 12.1 Å². The summed E-state index contributed by atoms with van der Waals surface area (Å²) in [6.45, 7) is 4.62. The van der Waals surface area contributed by atoms with E-state index < -0.39 is 6.61 Å². The molecule has 0 aliphatic carbocycles. The number of guanidine groups is 1. The number of unbranched alkanes of at least 4 members (excludes halogenated alkanes) is 1. The second kappa shape index (κ2) is 15.8. The van der Waals surface area contributed by atoms with Crippen molar-refractivity contribution < 1.29 is 27.7 Å². The highest BCUT2D eigenvalue weighted by molar-refractivity contribution is 5.79. The van der Waals surface area contributed by atoms with Gasteiger partial charge in [0.25, 0.3) is 0 Å². The minimum Gasteiger partial charge on any atom is -0.490 e. The van der Waals surface area contributed by atoms with Gasteiger partial charge < -0.3 is 29.6 Å². The predicted molar refractivity (Wildman–Crippen MR) is 109 cm³/mol. The van der Waals surface area contributed by atoms with Crippen molar-refractivity contribution in [3.63, 3.8) is 0 Å². The molecule has 0 saturated heterocycles. The van der Waals surface area contributed by atoms with Crippen molar-refractivity contribution >= 4 is 5.96 Å². The molecule has 0 aromatic heterocycles. The van der Waals surface area contributed by atoms with Crippen LogP contribution in [0.25, 0.3) is 0 Å². The lowest BCUT2D eigenvalue weighted by atomic mass is 10.2. The van der Waals surface area contributed by atoms with Crippen LogP contribution in [0.1, 0.15) is 32.3 Å². The van der Waals surface area contributed by atoms with Crippen LogP contribution in [0.3, 0.4) is 0 Å². The molecule has 29 heavy (non-hydrogen) atoms. The highest BCUT2D eigenvalue weighted by Gasteiger charge is 2.15. The van der Waals surface area contributed by atoms with Crippen LogP contribution < -0.4 is 20.1 Å². The average molecular weight is 417 g/mol.